The maximum absolute atomic E-state index is 5.97. The lowest BCUT2D eigenvalue weighted by Gasteiger charge is -2.12. The molecule has 0 aliphatic carbocycles. The monoisotopic (exact) mass is 621 g/mol. The van der Waals surface area contributed by atoms with Crippen molar-refractivity contribution >= 4 is 0 Å². The Balaban J connectivity index is 4.08. The van der Waals surface area contributed by atoms with E-state index in [0.717, 1.165) is 64.2 Å². The summed E-state index contributed by atoms with van der Waals surface area (Å²) >= 11 is 0. The SMILES string of the molecule is CC(C)=CCC/C(C)=C/CC/C(C)=C/CC/C(C)=C/COCC(C)OC/C=C(\C)CC/C=C(\C)CC/C=C(\C)CCC=C(C)C. The Morgan fingerprint density at radius 3 is 1.02 bits per heavy atom. The molecule has 0 amide bonds. The summed E-state index contributed by atoms with van der Waals surface area (Å²) in [5.74, 6) is 0. The fourth-order valence-corrected chi connectivity index (χ4v) is 4.81. The number of allylic oxidation sites excluding steroid dienone is 14. The smallest absolute Gasteiger partial charge is 0.0784 e. The van der Waals surface area contributed by atoms with Crippen molar-refractivity contribution in [2.45, 2.75) is 159 Å². The zero-order valence-corrected chi connectivity index (χ0v) is 31.6. The molecule has 1 unspecified atom stereocenters. The first-order valence-electron chi connectivity index (χ1n) is 17.8. The molecule has 0 aliphatic rings. The lowest BCUT2D eigenvalue weighted by atomic mass is 10.0. The predicted molar refractivity (Wildman–Crippen MR) is 203 cm³/mol. The molecule has 0 saturated heterocycles. The summed E-state index contributed by atoms with van der Waals surface area (Å²) in [6.07, 6.45) is 32.5. The van der Waals surface area contributed by atoms with Crippen molar-refractivity contribution in [2.24, 2.45) is 0 Å². The average molecular weight is 621 g/mol. The van der Waals surface area contributed by atoms with E-state index in [9.17, 15) is 0 Å². The van der Waals surface area contributed by atoms with Crippen LogP contribution in [-0.4, -0.2) is 25.9 Å². The van der Waals surface area contributed by atoms with Crippen molar-refractivity contribution in [2.75, 3.05) is 19.8 Å². The summed E-state index contributed by atoms with van der Waals surface area (Å²) in [6, 6.07) is 0. The Hall–Kier alpha value is -2.16. The van der Waals surface area contributed by atoms with Crippen LogP contribution >= 0.6 is 0 Å². The number of rotatable bonds is 25. The normalized spacial score (nSPS) is 14.6. The van der Waals surface area contributed by atoms with Crippen LogP contribution in [0.25, 0.3) is 0 Å². The molecule has 0 heterocycles. The quantitative estimate of drug-likeness (QED) is 0.0746. The Bertz CT molecular complexity index is 1030. The van der Waals surface area contributed by atoms with Crippen molar-refractivity contribution in [1.29, 1.82) is 0 Å². The van der Waals surface area contributed by atoms with E-state index in [1.165, 1.54) is 57.4 Å². The van der Waals surface area contributed by atoms with Crippen molar-refractivity contribution in [1.82, 2.24) is 0 Å². The van der Waals surface area contributed by atoms with Gasteiger partial charge in [-0.25, -0.2) is 0 Å². The second-order valence-electron chi connectivity index (χ2n) is 13.8. The van der Waals surface area contributed by atoms with E-state index in [2.05, 4.69) is 125 Å². The van der Waals surface area contributed by atoms with Gasteiger partial charge in [-0.3, -0.25) is 0 Å². The fourth-order valence-electron chi connectivity index (χ4n) is 4.81. The van der Waals surface area contributed by atoms with Crippen LogP contribution < -0.4 is 0 Å². The third-order valence-electron chi connectivity index (χ3n) is 8.02. The van der Waals surface area contributed by atoms with Gasteiger partial charge in [0.25, 0.3) is 0 Å². The zero-order chi connectivity index (χ0) is 33.9. The molecule has 0 rings (SSSR count). The van der Waals surface area contributed by atoms with Gasteiger partial charge in [-0.2, -0.15) is 0 Å². The first kappa shape index (κ1) is 42.8. The van der Waals surface area contributed by atoms with Gasteiger partial charge >= 0.3 is 0 Å². The standard InChI is InChI=1S/C43H72O2/c1-35(2)18-12-20-37(5)22-14-24-39(7)26-16-28-41(9)30-32-44-34-43(11)45-33-31-42(10)29-17-27-40(8)25-15-23-38(6)21-13-19-36(3)4/h18-19,22-23,26-27,30-31,43H,12-17,20-21,24-25,28-29,32-34H2,1-11H3/b37-22+,38-23+,39-26+,40-27+,41-30+,42-31+. The molecular weight excluding hydrogens is 548 g/mol. The van der Waals surface area contributed by atoms with Crippen LogP contribution in [0.2, 0.25) is 0 Å². The van der Waals surface area contributed by atoms with E-state index in [4.69, 9.17) is 9.47 Å². The minimum atomic E-state index is 0.0962. The van der Waals surface area contributed by atoms with E-state index < -0.39 is 0 Å². The Labute approximate surface area is 281 Å². The van der Waals surface area contributed by atoms with Gasteiger partial charge in [0.1, 0.15) is 0 Å². The third kappa shape index (κ3) is 30.3. The van der Waals surface area contributed by atoms with Gasteiger partial charge < -0.3 is 9.47 Å². The molecule has 0 aromatic carbocycles. The van der Waals surface area contributed by atoms with Crippen LogP contribution in [0.5, 0.6) is 0 Å². The van der Waals surface area contributed by atoms with E-state index in [1.54, 1.807) is 0 Å². The van der Waals surface area contributed by atoms with E-state index >= 15 is 0 Å². The van der Waals surface area contributed by atoms with Crippen LogP contribution in [0.15, 0.2) is 93.2 Å². The molecule has 0 radical (unpaired) electrons. The summed E-state index contributed by atoms with van der Waals surface area (Å²) in [6.45, 7) is 26.2. The van der Waals surface area contributed by atoms with Crippen molar-refractivity contribution in [3.63, 3.8) is 0 Å². The van der Waals surface area contributed by atoms with Gasteiger partial charge in [-0.05, 0) is 153 Å². The van der Waals surface area contributed by atoms with Crippen LogP contribution in [0.3, 0.4) is 0 Å². The highest BCUT2D eigenvalue weighted by Gasteiger charge is 2.01. The number of ether oxygens (including phenoxy) is 2. The molecule has 0 spiro atoms. The van der Waals surface area contributed by atoms with Crippen LogP contribution in [0.4, 0.5) is 0 Å². The Morgan fingerprint density at radius 2 is 0.689 bits per heavy atom. The minimum Gasteiger partial charge on any atom is -0.375 e. The largest absolute Gasteiger partial charge is 0.375 e. The molecule has 0 saturated carbocycles. The second kappa shape index (κ2) is 28.1. The minimum absolute atomic E-state index is 0.0962. The van der Waals surface area contributed by atoms with E-state index in [0.29, 0.717) is 19.8 Å². The molecule has 0 aromatic rings. The van der Waals surface area contributed by atoms with E-state index in [-0.39, 0.29) is 6.10 Å². The molecule has 0 bridgehead atoms. The summed E-state index contributed by atoms with van der Waals surface area (Å²) in [4.78, 5) is 0. The zero-order valence-electron chi connectivity index (χ0n) is 31.6. The van der Waals surface area contributed by atoms with Gasteiger partial charge in [0.2, 0.25) is 0 Å². The molecule has 45 heavy (non-hydrogen) atoms. The molecule has 0 N–H and O–H groups in total. The molecule has 256 valence electrons. The van der Waals surface area contributed by atoms with Gasteiger partial charge in [0.05, 0.1) is 25.9 Å². The number of hydrogen-bond donors (Lipinski definition) is 0. The highest BCUT2D eigenvalue weighted by molar-refractivity contribution is 5.08. The lowest BCUT2D eigenvalue weighted by molar-refractivity contribution is 0.0124. The van der Waals surface area contributed by atoms with Gasteiger partial charge in [0, 0.05) is 0 Å². The molecular formula is C43H72O2. The summed E-state index contributed by atoms with van der Waals surface area (Å²) in [5, 5.41) is 0. The highest BCUT2D eigenvalue weighted by Crippen LogP contribution is 2.15. The first-order chi connectivity index (χ1) is 21.4. The molecule has 1 atom stereocenters. The van der Waals surface area contributed by atoms with E-state index in [1.807, 2.05) is 0 Å². The van der Waals surface area contributed by atoms with Gasteiger partial charge in [-0.1, -0.05) is 93.2 Å². The Morgan fingerprint density at radius 1 is 0.400 bits per heavy atom. The summed E-state index contributed by atoms with van der Waals surface area (Å²) < 4.78 is 11.8. The van der Waals surface area contributed by atoms with Crippen LogP contribution in [-0.2, 0) is 9.47 Å². The van der Waals surface area contributed by atoms with Gasteiger partial charge in [0.15, 0.2) is 0 Å². The first-order valence-corrected chi connectivity index (χ1v) is 17.8. The number of hydrogen-bond acceptors (Lipinski definition) is 2. The van der Waals surface area contributed by atoms with Gasteiger partial charge in [-0.15, -0.1) is 0 Å². The highest BCUT2D eigenvalue weighted by atomic mass is 16.5. The molecule has 2 nitrogen and oxygen atoms in total. The van der Waals surface area contributed by atoms with Crippen molar-refractivity contribution in [3.05, 3.63) is 93.2 Å². The summed E-state index contributed by atoms with van der Waals surface area (Å²) in [5.41, 5.74) is 11.6. The van der Waals surface area contributed by atoms with Crippen molar-refractivity contribution in [3.8, 4) is 0 Å². The average Bonchev–Trinajstić information content (AvgIpc) is 2.95. The second-order valence-corrected chi connectivity index (χ2v) is 13.8. The third-order valence-corrected chi connectivity index (χ3v) is 8.02. The van der Waals surface area contributed by atoms with Crippen LogP contribution in [0, 0.1) is 0 Å². The summed E-state index contributed by atoms with van der Waals surface area (Å²) in [7, 11) is 0. The molecule has 0 aliphatic heterocycles. The fraction of sp³-hybridized carbons (Fsp3) is 0.628. The van der Waals surface area contributed by atoms with Crippen molar-refractivity contribution < 1.29 is 9.47 Å². The Kier molecular flexibility index (Phi) is 26.7. The van der Waals surface area contributed by atoms with Crippen LogP contribution in [0.1, 0.15) is 153 Å². The predicted octanol–water partition coefficient (Wildman–Crippen LogP) is 13.7. The molecule has 2 heteroatoms. The lowest BCUT2D eigenvalue weighted by Crippen LogP contribution is -2.16. The topological polar surface area (TPSA) is 18.5 Å². The maximum atomic E-state index is 5.97. The maximum Gasteiger partial charge on any atom is 0.0784 e. The molecule has 0 fully saturated rings. The molecule has 0 aromatic heterocycles.